The fourth-order valence-electron chi connectivity index (χ4n) is 3.12. The Balaban J connectivity index is 1.52. The summed E-state index contributed by atoms with van der Waals surface area (Å²) in [6, 6.07) is 9.04. The Labute approximate surface area is 128 Å². The number of amides is 2. The predicted octanol–water partition coefficient (Wildman–Crippen LogP) is 2.44. The Kier molecular flexibility index (Phi) is 4.27. The maximum Gasteiger partial charge on any atom is 0.317 e. The van der Waals surface area contributed by atoms with E-state index in [9.17, 15) is 4.79 Å². The summed E-state index contributed by atoms with van der Waals surface area (Å²) < 4.78 is 1.14. The fourth-order valence-corrected chi connectivity index (χ4v) is 3.56. The molecule has 2 aliphatic rings. The molecule has 0 radical (unpaired) electrons. The summed E-state index contributed by atoms with van der Waals surface area (Å²) in [4.78, 5) is 16.2. The van der Waals surface area contributed by atoms with E-state index in [1.807, 2.05) is 4.90 Å². The number of carbonyl (C=O) groups excluding carboxylic acids is 1. The van der Waals surface area contributed by atoms with Gasteiger partial charge in [0.1, 0.15) is 0 Å². The lowest BCUT2D eigenvalue weighted by Crippen LogP contribution is -2.45. The molecule has 3 rings (SSSR count). The normalized spacial score (nSPS) is 21.2. The molecule has 0 bridgehead atoms. The second-order valence-corrected chi connectivity index (χ2v) is 6.48. The maximum absolute atomic E-state index is 11.7. The van der Waals surface area contributed by atoms with Crippen molar-refractivity contribution in [3.63, 3.8) is 0 Å². The van der Waals surface area contributed by atoms with E-state index in [0.29, 0.717) is 6.04 Å². The van der Waals surface area contributed by atoms with Crippen molar-refractivity contribution in [2.24, 2.45) is 0 Å². The van der Waals surface area contributed by atoms with Gasteiger partial charge in [0.15, 0.2) is 0 Å². The SMILES string of the molecule is O=C1NCCN1C1CCN(Cc2cccc(Br)c2)CC1. The van der Waals surface area contributed by atoms with Crippen molar-refractivity contribution in [1.29, 1.82) is 0 Å². The van der Waals surface area contributed by atoms with Crippen LogP contribution in [-0.4, -0.2) is 48.1 Å². The van der Waals surface area contributed by atoms with E-state index in [1.54, 1.807) is 0 Å². The zero-order chi connectivity index (χ0) is 13.9. The molecule has 1 aromatic rings. The lowest BCUT2D eigenvalue weighted by Gasteiger charge is -2.36. The number of urea groups is 1. The monoisotopic (exact) mass is 337 g/mol. The number of nitrogens with zero attached hydrogens (tertiary/aromatic N) is 2. The number of likely N-dealkylation sites (tertiary alicyclic amines) is 1. The van der Waals surface area contributed by atoms with Crippen molar-refractivity contribution in [2.45, 2.75) is 25.4 Å². The summed E-state index contributed by atoms with van der Waals surface area (Å²) >= 11 is 3.52. The lowest BCUT2D eigenvalue weighted by atomic mass is 10.0. The third-order valence-corrected chi connectivity index (χ3v) is 4.68. The van der Waals surface area contributed by atoms with Crippen LogP contribution in [0.2, 0.25) is 0 Å². The molecule has 1 aromatic carbocycles. The number of carbonyl (C=O) groups is 1. The van der Waals surface area contributed by atoms with Gasteiger partial charge < -0.3 is 10.2 Å². The summed E-state index contributed by atoms with van der Waals surface area (Å²) in [5, 5.41) is 2.89. The first kappa shape index (κ1) is 13.9. The molecule has 2 heterocycles. The zero-order valence-corrected chi connectivity index (χ0v) is 13.1. The summed E-state index contributed by atoms with van der Waals surface area (Å²) in [5.74, 6) is 0. The molecule has 1 N–H and O–H groups in total. The molecule has 108 valence electrons. The highest BCUT2D eigenvalue weighted by molar-refractivity contribution is 9.10. The molecule has 2 fully saturated rings. The minimum absolute atomic E-state index is 0.121. The topological polar surface area (TPSA) is 35.6 Å². The third kappa shape index (κ3) is 3.15. The third-order valence-electron chi connectivity index (χ3n) is 4.18. The van der Waals surface area contributed by atoms with E-state index < -0.39 is 0 Å². The Morgan fingerprint density at radius 1 is 1.25 bits per heavy atom. The van der Waals surface area contributed by atoms with Gasteiger partial charge in [-0.1, -0.05) is 28.1 Å². The summed E-state index contributed by atoms with van der Waals surface area (Å²) in [7, 11) is 0. The quantitative estimate of drug-likeness (QED) is 0.919. The molecule has 4 nitrogen and oxygen atoms in total. The smallest absolute Gasteiger partial charge is 0.317 e. The van der Waals surface area contributed by atoms with Crippen molar-refractivity contribution in [1.82, 2.24) is 15.1 Å². The average molecular weight is 338 g/mol. The number of hydrogen-bond donors (Lipinski definition) is 1. The predicted molar refractivity (Wildman–Crippen MR) is 82.5 cm³/mol. The fraction of sp³-hybridized carbons (Fsp3) is 0.533. The lowest BCUT2D eigenvalue weighted by molar-refractivity contribution is 0.132. The molecule has 0 aliphatic carbocycles. The van der Waals surface area contributed by atoms with Crippen LogP contribution in [0.5, 0.6) is 0 Å². The molecular formula is C15H20BrN3O. The van der Waals surface area contributed by atoms with E-state index in [4.69, 9.17) is 0 Å². The molecule has 20 heavy (non-hydrogen) atoms. The molecule has 2 amide bonds. The Morgan fingerprint density at radius 3 is 2.70 bits per heavy atom. The highest BCUT2D eigenvalue weighted by Gasteiger charge is 2.30. The standard InChI is InChI=1S/C15H20BrN3O/c16-13-3-1-2-12(10-13)11-18-7-4-14(5-8-18)19-9-6-17-15(19)20/h1-3,10,14H,4-9,11H2,(H,17,20). The minimum atomic E-state index is 0.121. The van der Waals surface area contributed by atoms with Gasteiger partial charge in [-0.2, -0.15) is 0 Å². The number of piperidine rings is 1. The van der Waals surface area contributed by atoms with E-state index in [-0.39, 0.29) is 6.03 Å². The number of benzene rings is 1. The molecular weight excluding hydrogens is 318 g/mol. The number of nitrogens with one attached hydrogen (secondary N) is 1. The number of hydrogen-bond acceptors (Lipinski definition) is 2. The van der Waals surface area contributed by atoms with Crippen LogP contribution in [0.3, 0.4) is 0 Å². The molecule has 0 unspecified atom stereocenters. The first-order valence-electron chi connectivity index (χ1n) is 7.23. The van der Waals surface area contributed by atoms with Crippen LogP contribution in [0.4, 0.5) is 4.79 Å². The van der Waals surface area contributed by atoms with Gasteiger partial charge in [-0.25, -0.2) is 4.79 Å². The van der Waals surface area contributed by atoms with Gasteiger partial charge in [-0.3, -0.25) is 4.90 Å². The van der Waals surface area contributed by atoms with Gasteiger partial charge in [0, 0.05) is 43.2 Å². The molecule has 0 spiro atoms. The van der Waals surface area contributed by atoms with Crippen LogP contribution in [0, 0.1) is 0 Å². The van der Waals surface area contributed by atoms with Crippen molar-refractivity contribution in [2.75, 3.05) is 26.2 Å². The van der Waals surface area contributed by atoms with Crippen molar-refractivity contribution < 1.29 is 4.79 Å². The van der Waals surface area contributed by atoms with E-state index in [2.05, 4.69) is 50.4 Å². The Morgan fingerprint density at radius 2 is 2.05 bits per heavy atom. The van der Waals surface area contributed by atoms with Crippen LogP contribution >= 0.6 is 15.9 Å². The molecule has 0 atom stereocenters. The van der Waals surface area contributed by atoms with E-state index >= 15 is 0 Å². The summed E-state index contributed by atoms with van der Waals surface area (Å²) in [5.41, 5.74) is 1.34. The molecule has 0 aromatic heterocycles. The van der Waals surface area contributed by atoms with Gasteiger partial charge in [0.05, 0.1) is 0 Å². The summed E-state index contributed by atoms with van der Waals surface area (Å²) in [6.45, 7) is 4.81. The van der Waals surface area contributed by atoms with Gasteiger partial charge in [0.2, 0.25) is 0 Å². The first-order chi connectivity index (χ1) is 9.72. The van der Waals surface area contributed by atoms with Crippen molar-refractivity contribution in [3.05, 3.63) is 34.3 Å². The van der Waals surface area contributed by atoms with Gasteiger partial charge >= 0.3 is 6.03 Å². The highest BCUT2D eigenvalue weighted by Crippen LogP contribution is 2.20. The Hall–Kier alpha value is -1.07. The van der Waals surface area contributed by atoms with Crippen LogP contribution in [0.1, 0.15) is 18.4 Å². The summed E-state index contributed by atoms with van der Waals surface area (Å²) in [6.07, 6.45) is 2.17. The highest BCUT2D eigenvalue weighted by atomic mass is 79.9. The van der Waals surface area contributed by atoms with Crippen LogP contribution < -0.4 is 5.32 Å². The average Bonchev–Trinajstić information content (AvgIpc) is 2.86. The molecule has 2 saturated heterocycles. The number of rotatable bonds is 3. The van der Waals surface area contributed by atoms with Crippen LogP contribution in [0.15, 0.2) is 28.7 Å². The molecule has 5 heteroatoms. The van der Waals surface area contributed by atoms with Crippen LogP contribution in [-0.2, 0) is 6.54 Å². The molecule has 2 aliphatic heterocycles. The van der Waals surface area contributed by atoms with Crippen LogP contribution in [0.25, 0.3) is 0 Å². The Bertz CT molecular complexity index is 486. The zero-order valence-electron chi connectivity index (χ0n) is 11.5. The second-order valence-electron chi connectivity index (χ2n) is 5.56. The largest absolute Gasteiger partial charge is 0.336 e. The van der Waals surface area contributed by atoms with E-state index in [0.717, 1.165) is 50.0 Å². The minimum Gasteiger partial charge on any atom is -0.336 e. The van der Waals surface area contributed by atoms with Gasteiger partial charge in [0.25, 0.3) is 0 Å². The van der Waals surface area contributed by atoms with Gasteiger partial charge in [-0.05, 0) is 30.5 Å². The number of halogens is 1. The molecule has 0 saturated carbocycles. The van der Waals surface area contributed by atoms with Gasteiger partial charge in [-0.15, -0.1) is 0 Å². The maximum atomic E-state index is 11.7. The second kappa shape index (κ2) is 6.14. The first-order valence-corrected chi connectivity index (χ1v) is 8.03. The van der Waals surface area contributed by atoms with E-state index in [1.165, 1.54) is 5.56 Å². The van der Waals surface area contributed by atoms with Crippen molar-refractivity contribution >= 4 is 22.0 Å². The van der Waals surface area contributed by atoms with Crippen molar-refractivity contribution in [3.8, 4) is 0 Å².